The molecule has 8 heteroatoms. The maximum atomic E-state index is 13.0. The molecule has 1 saturated heterocycles. The maximum Gasteiger partial charge on any atom is 0.294 e. The number of carbonyl (C=O) groups is 2. The zero-order chi connectivity index (χ0) is 25.8. The molecule has 8 nitrogen and oxygen atoms in total. The van der Waals surface area contributed by atoms with Gasteiger partial charge in [-0.3, -0.25) is 9.59 Å². The number of piperazine rings is 1. The van der Waals surface area contributed by atoms with Crippen molar-refractivity contribution in [3.8, 4) is 11.1 Å². The molecule has 1 aliphatic heterocycles. The standard InChI is InChI=1S/C29H29N5O3/c1-20-6-11-24(32-29(36)27-12-13-30-37-27)19-26(20)21-7-9-22(10-8-21)28(35)31-23-4-3-5-25(18-23)34-16-14-33(2)15-17-34/h3-13,18-19H,14-17H2,1-2H3,(H,31,35)(H,32,36). The molecule has 2 N–H and O–H groups in total. The van der Waals surface area contributed by atoms with Gasteiger partial charge in [0.1, 0.15) is 0 Å². The van der Waals surface area contributed by atoms with Gasteiger partial charge in [0.25, 0.3) is 11.8 Å². The van der Waals surface area contributed by atoms with Crippen LogP contribution in [0, 0.1) is 6.92 Å². The van der Waals surface area contributed by atoms with Crippen molar-refractivity contribution in [1.29, 1.82) is 0 Å². The number of benzene rings is 3. The second-order valence-corrected chi connectivity index (χ2v) is 9.23. The minimum Gasteiger partial charge on any atom is -0.369 e. The minimum atomic E-state index is -0.365. The minimum absolute atomic E-state index is 0.145. The van der Waals surface area contributed by atoms with Crippen LogP contribution in [-0.4, -0.2) is 55.1 Å². The van der Waals surface area contributed by atoms with Crippen LogP contribution in [0.2, 0.25) is 0 Å². The normalized spacial score (nSPS) is 13.8. The zero-order valence-electron chi connectivity index (χ0n) is 20.9. The van der Waals surface area contributed by atoms with E-state index in [0.29, 0.717) is 11.3 Å². The van der Waals surface area contributed by atoms with Crippen molar-refractivity contribution in [3.63, 3.8) is 0 Å². The monoisotopic (exact) mass is 495 g/mol. The Labute approximate surface area is 215 Å². The highest BCUT2D eigenvalue weighted by molar-refractivity contribution is 6.05. The molecule has 0 radical (unpaired) electrons. The summed E-state index contributed by atoms with van der Waals surface area (Å²) in [6.07, 6.45) is 1.43. The lowest BCUT2D eigenvalue weighted by Gasteiger charge is -2.34. The van der Waals surface area contributed by atoms with Gasteiger partial charge in [0.2, 0.25) is 5.76 Å². The first-order chi connectivity index (χ1) is 18.0. The van der Waals surface area contributed by atoms with Gasteiger partial charge >= 0.3 is 0 Å². The van der Waals surface area contributed by atoms with Crippen LogP contribution in [0.25, 0.3) is 11.1 Å². The summed E-state index contributed by atoms with van der Waals surface area (Å²) in [4.78, 5) is 29.9. The van der Waals surface area contributed by atoms with E-state index >= 15 is 0 Å². The van der Waals surface area contributed by atoms with Crippen molar-refractivity contribution in [2.24, 2.45) is 0 Å². The summed E-state index contributed by atoms with van der Waals surface area (Å²) >= 11 is 0. The van der Waals surface area contributed by atoms with Crippen molar-refractivity contribution in [2.75, 3.05) is 48.8 Å². The third-order valence-electron chi connectivity index (χ3n) is 6.59. The third kappa shape index (κ3) is 5.70. The van der Waals surface area contributed by atoms with Crippen LogP contribution >= 0.6 is 0 Å². The van der Waals surface area contributed by atoms with Crippen molar-refractivity contribution >= 4 is 28.9 Å². The first-order valence-corrected chi connectivity index (χ1v) is 12.2. The SMILES string of the molecule is Cc1ccc(NC(=O)c2ccno2)cc1-c1ccc(C(=O)Nc2cccc(N3CCN(C)CC3)c2)cc1. The van der Waals surface area contributed by atoms with Gasteiger partial charge in [0, 0.05) is 54.9 Å². The number of carbonyl (C=O) groups excluding carboxylic acids is 2. The molecule has 3 aromatic carbocycles. The number of aryl methyl sites for hydroxylation is 1. The van der Waals surface area contributed by atoms with Gasteiger partial charge in [0.15, 0.2) is 0 Å². The molecule has 37 heavy (non-hydrogen) atoms. The number of nitrogens with zero attached hydrogens (tertiary/aromatic N) is 3. The van der Waals surface area contributed by atoms with Gasteiger partial charge in [-0.05, 0) is 73.1 Å². The highest BCUT2D eigenvalue weighted by Crippen LogP contribution is 2.28. The first kappa shape index (κ1) is 24.3. The van der Waals surface area contributed by atoms with E-state index in [1.807, 2.05) is 67.6 Å². The highest BCUT2D eigenvalue weighted by Gasteiger charge is 2.16. The second kappa shape index (κ2) is 10.7. The fourth-order valence-electron chi connectivity index (χ4n) is 4.39. The fourth-order valence-corrected chi connectivity index (χ4v) is 4.39. The number of anilines is 3. The summed E-state index contributed by atoms with van der Waals surface area (Å²) in [6, 6.07) is 22.7. The number of rotatable bonds is 6. The Kier molecular flexibility index (Phi) is 7.00. The molecule has 5 rings (SSSR count). The molecule has 0 spiro atoms. The lowest BCUT2D eigenvalue weighted by atomic mass is 9.98. The fraction of sp³-hybridized carbons (Fsp3) is 0.207. The van der Waals surface area contributed by atoms with Crippen molar-refractivity contribution in [1.82, 2.24) is 10.1 Å². The van der Waals surface area contributed by atoms with Crippen molar-refractivity contribution in [3.05, 3.63) is 95.9 Å². The van der Waals surface area contributed by atoms with E-state index < -0.39 is 0 Å². The molecule has 188 valence electrons. The number of hydrogen-bond acceptors (Lipinski definition) is 6. The van der Waals surface area contributed by atoms with E-state index in [9.17, 15) is 9.59 Å². The number of hydrogen-bond donors (Lipinski definition) is 2. The van der Waals surface area contributed by atoms with Crippen LogP contribution in [0.4, 0.5) is 17.1 Å². The summed E-state index contributed by atoms with van der Waals surface area (Å²) in [5, 5.41) is 9.42. The molecule has 4 aromatic rings. The molecule has 0 bridgehead atoms. The largest absolute Gasteiger partial charge is 0.369 e. The molecule has 0 atom stereocenters. The van der Waals surface area contributed by atoms with Gasteiger partial charge in [-0.15, -0.1) is 0 Å². The number of likely N-dealkylation sites (N-methyl/N-ethyl adjacent to an activating group) is 1. The maximum absolute atomic E-state index is 13.0. The Morgan fingerprint density at radius 2 is 1.57 bits per heavy atom. The van der Waals surface area contributed by atoms with Crippen LogP contribution in [-0.2, 0) is 0 Å². The van der Waals surface area contributed by atoms with Crippen LogP contribution in [0.3, 0.4) is 0 Å². The first-order valence-electron chi connectivity index (χ1n) is 12.2. The van der Waals surface area contributed by atoms with E-state index in [0.717, 1.165) is 54.2 Å². The second-order valence-electron chi connectivity index (χ2n) is 9.23. The van der Waals surface area contributed by atoms with Gasteiger partial charge in [0.05, 0.1) is 6.20 Å². The van der Waals surface area contributed by atoms with E-state index in [4.69, 9.17) is 4.52 Å². The Bertz CT molecular complexity index is 1390. The lowest BCUT2D eigenvalue weighted by molar-refractivity contribution is 0.0986. The van der Waals surface area contributed by atoms with Gasteiger partial charge in [-0.1, -0.05) is 29.4 Å². The van der Waals surface area contributed by atoms with E-state index in [2.05, 4.69) is 38.7 Å². The molecule has 0 unspecified atom stereocenters. The summed E-state index contributed by atoms with van der Waals surface area (Å²) < 4.78 is 4.92. The molecule has 1 fully saturated rings. The smallest absolute Gasteiger partial charge is 0.294 e. The van der Waals surface area contributed by atoms with Crippen LogP contribution in [0.15, 0.2) is 83.5 Å². The summed E-state index contributed by atoms with van der Waals surface area (Å²) in [5.74, 6) is -0.380. The summed E-state index contributed by atoms with van der Waals surface area (Å²) in [7, 11) is 2.13. The third-order valence-corrected chi connectivity index (χ3v) is 6.59. The highest BCUT2D eigenvalue weighted by atomic mass is 16.5. The number of nitrogens with one attached hydrogen (secondary N) is 2. The Balaban J connectivity index is 1.27. The zero-order valence-corrected chi connectivity index (χ0v) is 20.9. The topological polar surface area (TPSA) is 90.7 Å². The molecular weight excluding hydrogens is 466 g/mol. The average molecular weight is 496 g/mol. The molecule has 1 aliphatic rings. The predicted molar refractivity (Wildman–Crippen MR) is 145 cm³/mol. The molecule has 2 amide bonds. The van der Waals surface area contributed by atoms with E-state index in [-0.39, 0.29) is 17.6 Å². The lowest BCUT2D eigenvalue weighted by Crippen LogP contribution is -2.44. The van der Waals surface area contributed by atoms with Crippen LogP contribution in [0.5, 0.6) is 0 Å². The molecule has 0 saturated carbocycles. The summed E-state index contributed by atoms with van der Waals surface area (Å²) in [6.45, 7) is 6.00. The average Bonchev–Trinajstić information content (AvgIpc) is 3.46. The Hall–Kier alpha value is -4.43. The molecule has 0 aliphatic carbocycles. The Morgan fingerprint density at radius 1 is 0.838 bits per heavy atom. The molecule has 2 heterocycles. The van der Waals surface area contributed by atoms with Crippen molar-refractivity contribution < 1.29 is 14.1 Å². The number of amides is 2. The predicted octanol–water partition coefficient (Wildman–Crippen LogP) is 4.91. The van der Waals surface area contributed by atoms with E-state index in [1.165, 1.54) is 12.3 Å². The molecule has 1 aromatic heterocycles. The van der Waals surface area contributed by atoms with Gasteiger partial charge in [-0.2, -0.15) is 0 Å². The number of aromatic nitrogens is 1. The van der Waals surface area contributed by atoms with Crippen LogP contribution in [0.1, 0.15) is 26.5 Å². The van der Waals surface area contributed by atoms with Gasteiger partial charge < -0.3 is 25.0 Å². The van der Waals surface area contributed by atoms with Gasteiger partial charge in [-0.25, -0.2) is 0 Å². The quantitative estimate of drug-likeness (QED) is 0.395. The van der Waals surface area contributed by atoms with Crippen molar-refractivity contribution in [2.45, 2.75) is 6.92 Å². The van der Waals surface area contributed by atoms with Crippen LogP contribution < -0.4 is 15.5 Å². The van der Waals surface area contributed by atoms with E-state index in [1.54, 1.807) is 0 Å². The molecular formula is C29H29N5O3. The Morgan fingerprint density at radius 3 is 2.30 bits per heavy atom. The summed E-state index contributed by atoms with van der Waals surface area (Å²) in [5.41, 5.74) is 6.06.